The molecule has 0 spiro atoms. The molecule has 248 valence electrons. The number of unbranched alkanes of at least 4 members (excludes halogenated alkanes) is 4. The zero-order chi connectivity index (χ0) is 31.2. The monoisotopic (exact) mass is 608 g/mol. The van der Waals surface area contributed by atoms with Crippen molar-refractivity contribution < 1.29 is 4.79 Å². The van der Waals surface area contributed by atoms with Gasteiger partial charge in [0.2, 0.25) is 5.12 Å². The third-order valence-corrected chi connectivity index (χ3v) is 10.8. The first-order valence-electron chi connectivity index (χ1n) is 18.6. The standard InChI is InChI=1S/C37H73N3OS/c1-9-17-21-31(13-5)25-39(26-32(14-6)22-18-10-2)29-35-37(41)42-36(38-35)30-40(27-33(15-7)23-19-11-3)28-34(16-8)24-20-12-4/h31-34,36H,9-30H2,1-8H3. The number of aliphatic imine (C=N–C) groups is 1. The van der Waals surface area contributed by atoms with Gasteiger partial charge in [-0.25, -0.2) is 0 Å². The summed E-state index contributed by atoms with van der Waals surface area (Å²) in [6.45, 7) is 24.8. The minimum absolute atomic E-state index is 0.0610. The highest BCUT2D eigenvalue weighted by Gasteiger charge is 2.31. The number of hydrogen-bond donors (Lipinski definition) is 0. The Labute approximate surface area is 268 Å². The summed E-state index contributed by atoms with van der Waals surface area (Å²) in [7, 11) is 0. The molecule has 0 saturated heterocycles. The summed E-state index contributed by atoms with van der Waals surface area (Å²) in [5.41, 5.74) is 0.844. The lowest BCUT2D eigenvalue weighted by Crippen LogP contribution is -2.39. The molecular formula is C37H73N3OS. The van der Waals surface area contributed by atoms with E-state index in [4.69, 9.17) is 4.99 Å². The molecule has 5 unspecified atom stereocenters. The van der Waals surface area contributed by atoms with Crippen molar-refractivity contribution >= 4 is 22.6 Å². The van der Waals surface area contributed by atoms with Crippen LogP contribution in [0.2, 0.25) is 0 Å². The van der Waals surface area contributed by atoms with Crippen LogP contribution in [0, 0.1) is 23.7 Å². The van der Waals surface area contributed by atoms with Crippen LogP contribution in [0.3, 0.4) is 0 Å². The zero-order valence-corrected chi connectivity index (χ0v) is 30.4. The van der Waals surface area contributed by atoms with Crippen LogP contribution in [0.25, 0.3) is 0 Å². The number of carbonyl (C=O) groups excluding carboxylic acids is 1. The van der Waals surface area contributed by atoms with E-state index in [1.165, 1.54) is 114 Å². The summed E-state index contributed by atoms with van der Waals surface area (Å²) in [6.07, 6.45) is 20.5. The van der Waals surface area contributed by atoms with Gasteiger partial charge in [0.05, 0.1) is 0 Å². The molecule has 0 radical (unpaired) electrons. The molecule has 0 fully saturated rings. The topological polar surface area (TPSA) is 35.9 Å². The molecule has 0 aromatic carbocycles. The predicted octanol–water partition coefficient (Wildman–Crippen LogP) is 10.5. The minimum Gasteiger partial charge on any atom is -0.300 e. The average molecular weight is 608 g/mol. The Bertz CT molecular complexity index is 662. The van der Waals surface area contributed by atoms with Crippen molar-refractivity contribution in [2.75, 3.05) is 39.3 Å². The quantitative estimate of drug-likeness (QED) is 0.0886. The van der Waals surface area contributed by atoms with Crippen molar-refractivity contribution in [2.45, 2.75) is 163 Å². The van der Waals surface area contributed by atoms with Gasteiger partial charge in [0.25, 0.3) is 0 Å². The Morgan fingerprint density at radius 2 is 0.952 bits per heavy atom. The maximum atomic E-state index is 13.4. The number of hydrogen-bond acceptors (Lipinski definition) is 5. The van der Waals surface area contributed by atoms with E-state index in [9.17, 15) is 4.79 Å². The normalized spacial score (nSPS) is 18.6. The van der Waals surface area contributed by atoms with Crippen molar-refractivity contribution in [3.05, 3.63) is 0 Å². The highest BCUT2D eigenvalue weighted by molar-refractivity contribution is 8.16. The second-order valence-corrected chi connectivity index (χ2v) is 14.7. The summed E-state index contributed by atoms with van der Waals surface area (Å²) in [4.78, 5) is 23.9. The molecule has 1 aliphatic heterocycles. The van der Waals surface area contributed by atoms with Crippen LogP contribution in [-0.2, 0) is 4.79 Å². The first kappa shape index (κ1) is 39.6. The van der Waals surface area contributed by atoms with Crippen LogP contribution >= 0.6 is 11.8 Å². The fourth-order valence-corrected chi connectivity index (χ4v) is 7.58. The molecule has 1 aliphatic rings. The van der Waals surface area contributed by atoms with Gasteiger partial charge in [-0.3, -0.25) is 19.6 Å². The molecule has 0 aromatic heterocycles. The molecule has 0 aliphatic carbocycles. The van der Waals surface area contributed by atoms with Gasteiger partial charge in [-0.2, -0.15) is 0 Å². The van der Waals surface area contributed by atoms with E-state index >= 15 is 0 Å². The van der Waals surface area contributed by atoms with Gasteiger partial charge in [0.1, 0.15) is 11.1 Å². The molecule has 0 bridgehead atoms. The van der Waals surface area contributed by atoms with Crippen molar-refractivity contribution in [1.82, 2.24) is 9.80 Å². The van der Waals surface area contributed by atoms with Gasteiger partial charge in [-0.05, 0) is 49.4 Å². The third-order valence-electron chi connectivity index (χ3n) is 9.80. The maximum Gasteiger partial charge on any atom is 0.236 e. The summed E-state index contributed by atoms with van der Waals surface area (Å²) < 4.78 is 0. The summed E-state index contributed by atoms with van der Waals surface area (Å²) in [5.74, 6) is 2.93. The maximum absolute atomic E-state index is 13.4. The Morgan fingerprint density at radius 3 is 1.29 bits per heavy atom. The molecule has 0 N–H and O–H groups in total. The van der Waals surface area contributed by atoms with Crippen LogP contribution in [0.1, 0.15) is 158 Å². The van der Waals surface area contributed by atoms with Crippen molar-refractivity contribution in [2.24, 2.45) is 28.7 Å². The molecule has 0 aromatic rings. The Balaban J connectivity index is 3.06. The van der Waals surface area contributed by atoms with Crippen LogP contribution < -0.4 is 0 Å². The van der Waals surface area contributed by atoms with Crippen LogP contribution in [0.4, 0.5) is 0 Å². The van der Waals surface area contributed by atoms with E-state index in [1.54, 1.807) is 0 Å². The number of rotatable bonds is 28. The fraction of sp³-hybridized carbons (Fsp3) is 0.946. The Morgan fingerprint density at radius 1 is 0.595 bits per heavy atom. The summed E-state index contributed by atoms with van der Waals surface area (Å²) >= 11 is 1.52. The molecule has 5 heteroatoms. The average Bonchev–Trinajstić information content (AvgIpc) is 3.34. The van der Waals surface area contributed by atoms with E-state index in [0.717, 1.165) is 56.8 Å². The van der Waals surface area contributed by atoms with E-state index in [2.05, 4.69) is 65.2 Å². The van der Waals surface area contributed by atoms with Crippen LogP contribution in [-0.4, -0.2) is 65.3 Å². The summed E-state index contributed by atoms with van der Waals surface area (Å²) in [6, 6.07) is 0. The molecule has 42 heavy (non-hydrogen) atoms. The number of thioether (sulfide) groups is 1. The molecule has 0 saturated carbocycles. The molecule has 4 nitrogen and oxygen atoms in total. The van der Waals surface area contributed by atoms with Crippen LogP contribution in [0.5, 0.6) is 0 Å². The lowest BCUT2D eigenvalue weighted by molar-refractivity contribution is -0.105. The van der Waals surface area contributed by atoms with Crippen LogP contribution in [0.15, 0.2) is 4.99 Å². The third kappa shape index (κ3) is 16.6. The zero-order valence-electron chi connectivity index (χ0n) is 29.6. The van der Waals surface area contributed by atoms with E-state index in [1.807, 2.05) is 0 Å². The van der Waals surface area contributed by atoms with E-state index in [0.29, 0.717) is 11.8 Å². The molecule has 1 heterocycles. The van der Waals surface area contributed by atoms with Gasteiger partial charge < -0.3 is 0 Å². The highest BCUT2D eigenvalue weighted by atomic mass is 32.2. The lowest BCUT2D eigenvalue weighted by atomic mass is 9.95. The van der Waals surface area contributed by atoms with Gasteiger partial charge in [-0.1, -0.05) is 144 Å². The van der Waals surface area contributed by atoms with Gasteiger partial charge in [0, 0.05) is 39.3 Å². The Hall–Kier alpha value is -0.390. The van der Waals surface area contributed by atoms with Gasteiger partial charge in [0.15, 0.2) is 0 Å². The number of carbonyl (C=O) groups is 1. The van der Waals surface area contributed by atoms with Crippen molar-refractivity contribution in [1.29, 1.82) is 0 Å². The second-order valence-electron chi connectivity index (χ2n) is 13.5. The molecule has 5 atom stereocenters. The fourth-order valence-electron chi connectivity index (χ4n) is 6.62. The van der Waals surface area contributed by atoms with E-state index < -0.39 is 0 Å². The summed E-state index contributed by atoms with van der Waals surface area (Å²) in [5, 5.41) is 0.301. The van der Waals surface area contributed by atoms with Gasteiger partial charge >= 0.3 is 0 Å². The molecule has 1 rings (SSSR count). The Kier molecular flexibility index (Phi) is 23.5. The SMILES string of the molecule is CCCCC(CC)CN(CC1=NC(CN(CC(CC)CCCC)CC(CC)CCCC)SC1=O)CC(CC)CCCC. The minimum atomic E-state index is 0.0610. The second kappa shape index (κ2) is 24.9. The predicted molar refractivity (Wildman–Crippen MR) is 190 cm³/mol. The van der Waals surface area contributed by atoms with Gasteiger partial charge in [-0.15, -0.1) is 0 Å². The van der Waals surface area contributed by atoms with Crippen molar-refractivity contribution in [3.63, 3.8) is 0 Å². The molecule has 0 amide bonds. The first-order chi connectivity index (χ1) is 20.4. The lowest BCUT2D eigenvalue weighted by Gasteiger charge is -2.31. The molecular weight excluding hydrogens is 534 g/mol. The van der Waals surface area contributed by atoms with Crippen molar-refractivity contribution in [3.8, 4) is 0 Å². The first-order valence-corrected chi connectivity index (χ1v) is 19.5. The highest BCUT2D eigenvalue weighted by Crippen LogP contribution is 2.27. The smallest absolute Gasteiger partial charge is 0.236 e. The number of nitrogens with zero attached hydrogens (tertiary/aromatic N) is 3. The van der Waals surface area contributed by atoms with E-state index in [-0.39, 0.29) is 10.5 Å². The largest absolute Gasteiger partial charge is 0.300 e.